The highest BCUT2D eigenvalue weighted by Crippen LogP contribution is 2.30. The summed E-state index contributed by atoms with van der Waals surface area (Å²) < 4.78 is 13.7. The molecular formula is C13H16ClFN2O. The van der Waals surface area contributed by atoms with E-state index >= 15 is 0 Å². The van der Waals surface area contributed by atoms with Gasteiger partial charge in [-0.05, 0) is 32.0 Å². The van der Waals surface area contributed by atoms with E-state index in [1.807, 2.05) is 0 Å². The number of hydrogen-bond acceptors (Lipinski definition) is 2. The van der Waals surface area contributed by atoms with Gasteiger partial charge in [-0.25, -0.2) is 4.39 Å². The first kappa shape index (κ1) is 13.3. The molecule has 18 heavy (non-hydrogen) atoms. The van der Waals surface area contributed by atoms with E-state index in [9.17, 15) is 9.18 Å². The molecule has 1 amide bonds. The van der Waals surface area contributed by atoms with Crippen LogP contribution < -0.4 is 5.32 Å². The second kappa shape index (κ2) is 5.67. The summed E-state index contributed by atoms with van der Waals surface area (Å²) in [7, 11) is 1.72. The molecule has 5 heteroatoms. The minimum atomic E-state index is -0.356. The van der Waals surface area contributed by atoms with Crippen LogP contribution in [0.3, 0.4) is 0 Å². The van der Waals surface area contributed by atoms with E-state index in [4.69, 9.17) is 11.6 Å². The van der Waals surface area contributed by atoms with E-state index in [0.29, 0.717) is 10.6 Å². The molecule has 98 valence electrons. The molecule has 1 fully saturated rings. The number of hydrogen-bond donors (Lipinski definition) is 1. The smallest absolute Gasteiger partial charge is 0.237 e. The quantitative estimate of drug-likeness (QED) is 0.890. The molecule has 0 aliphatic heterocycles. The van der Waals surface area contributed by atoms with Crippen molar-refractivity contribution in [2.24, 2.45) is 0 Å². The maximum absolute atomic E-state index is 13.7. The van der Waals surface area contributed by atoms with Gasteiger partial charge >= 0.3 is 0 Å². The molecule has 1 aliphatic carbocycles. The van der Waals surface area contributed by atoms with Gasteiger partial charge in [0.15, 0.2) is 0 Å². The fourth-order valence-electron chi connectivity index (χ4n) is 1.91. The van der Waals surface area contributed by atoms with Crippen LogP contribution in [0.25, 0.3) is 0 Å². The lowest BCUT2D eigenvalue weighted by molar-refractivity contribution is -0.131. The molecule has 0 spiro atoms. The zero-order valence-electron chi connectivity index (χ0n) is 10.2. The number of benzene rings is 1. The third-order valence-corrected chi connectivity index (χ3v) is 3.38. The van der Waals surface area contributed by atoms with Crippen molar-refractivity contribution < 1.29 is 9.18 Å². The van der Waals surface area contributed by atoms with Gasteiger partial charge in [0.25, 0.3) is 0 Å². The van der Waals surface area contributed by atoms with E-state index in [0.717, 1.165) is 12.8 Å². The maximum atomic E-state index is 13.7. The summed E-state index contributed by atoms with van der Waals surface area (Å²) in [5.74, 6) is -0.371. The van der Waals surface area contributed by atoms with Crippen LogP contribution >= 0.6 is 11.6 Å². The number of amides is 1. The van der Waals surface area contributed by atoms with Gasteiger partial charge in [-0.1, -0.05) is 17.7 Å². The Morgan fingerprint density at radius 3 is 2.83 bits per heavy atom. The Bertz CT molecular complexity index is 428. The van der Waals surface area contributed by atoms with Crippen LogP contribution in [0.5, 0.6) is 0 Å². The first-order chi connectivity index (χ1) is 8.63. The molecule has 0 atom stereocenters. The van der Waals surface area contributed by atoms with Gasteiger partial charge in [0.1, 0.15) is 5.82 Å². The van der Waals surface area contributed by atoms with Crippen molar-refractivity contribution in [3.05, 3.63) is 34.6 Å². The van der Waals surface area contributed by atoms with Gasteiger partial charge in [0, 0.05) is 16.6 Å². The van der Waals surface area contributed by atoms with E-state index in [-0.39, 0.29) is 30.9 Å². The zero-order valence-corrected chi connectivity index (χ0v) is 11.0. The monoisotopic (exact) mass is 270 g/mol. The summed E-state index contributed by atoms with van der Waals surface area (Å²) in [6.45, 7) is 0.513. The Hall–Kier alpha value is -1.13. The minimum absolute atomic E-state index is 0.0145. The van der Waals surface area contributed by atoms with Gasteiger partial charge in [-0.15, -0.1) is 0 Å². The van der Waals surface area contributed by atoms with Gasteiger partial charge in [-0.3, -0.25) is 4.79 Å². The number of nitrogens with zero attached hydrogens (tertiary/aromatic N) is 1. The lowest BCUT2D eigenvalue weighted by Gasteiger charge is -2.23. The number of halogens is 2. The van der Waals surface area contributed by atoms with Gasteiger partial charge < -0.3 is 10.2 Å². The van der Waals surface area contributed by atoms with Crippen molar-refractivity contribution in [3.63, 3.8) is 0 Å². The van der Waals surface area contributed by atoms with Crippen LogP contribution in [0.1, 0.15) is 18.4 Å². The second-order valence-corrected chi connectivity index (χ2v) is 4.89. The largest absolute Gasteiger partial charge is 0.334 e. The molecular weight excluding hydrogens is 255 g/mol. The number of nitrogens with one attached hydrogen (secondary N) is 1. The van der Waals surface area contributed by atoms with E-state index in [1.165, 1.54) is 6.07 Å². The van der Waals surface area contributed by atoms with Crippen molar-refractivity contribution in [1.29, 1.82) is 0 Å². The predicted molar refractivity (Wildman–Crippen MR) is 68.9 cm³/mol. The molecule has 0 heterocycles. The first-order valence-electron chi connectivity index (χ1n) is 6.00. The Balaban J connectivity index is 2.16. The molecule has 2 rings (SSSR count). The minimum Gasteiger partial charge on any atom is -0.334 e. The van der Waals surface area contributed by atoms with Crippen LogP contribution in [-0.4, -0.2) is 30.4 Å². The molecule has 3 nitrogen and oxygen atoms in total. The summed E-state index contributed by atoms with van der Waals surface area (Å²) in [5.41, 5.74) is 0.399. The molecule has 1 aromatic rings. The highest BCUT2D eigenvalue weighted by molar-refractivity contribution is 6.31. The van der Waals surface area contributed by atoms with E-state index in [2.05, 4.69) is 5.32 Å². The fourth-order valence-corrected chi connectivity index (χ4v) is 2.14. The highest BCUT2D eigenvalue weighted by Gasteiger charge is 2.32. The van der Waals surface area contributed by atoms with Gasteiger partial charge in [-0.2, -0.15) is 0 Å². The molecule has 0 unspecified atom stereocenters. The second-order valence-electron chi connectivity index (χ2n) is 4.48. The van der Waals surface area contributed by atoms with Crippen LogP contribution in [0.2, 0.25) is 5.02 Å². The molecule has 0 saturated heterocycles. The third kappa shape index (κ3) is 3.00. The third-order valence-electron chi connectivity index (χ3n) is 3.03. The molecule has 1 aliphatic rings. The number of carbonyl (C=O) groups is 1. The van der Waals surface area contributed by atoms with E-state index in [1.54, 1.807) is 24.1 Å². The number of rotatable bonds is 5. The summed E-state index contributed by atoms with van der Waals surface area (Å²) in [6.07, 6.45) is 1.98. The standard InChI is InChI=1S/C13H16ClFN2O/c1-16-7-13(18)17(9-5-6-9)8-10-11(14)3-2-4-12(10)15/h2-4,9,16H,5-8H2,1H3. The highest BCUT2D eigenvalue weighted by atomic mass is 35.5. The molecule has 1 saturated carbocycles. The molecule has 1 N–H and O–H groups in total. The summed E-state index contributed by atoms with van der Waals surface area (Å²) >= 11 is 5.99. The van der Waals surface area contributed by atoms with Crippen LogP contribution in [0.15, 0.2) is 18.2 Å². The van der Waals surface area contributed by atoms with Crippen molar-refractivity contribution in [2.45, 2.75) is 25.4 Å². The maximum Gasteiger partial charge on any atom is 0.237 e. The fraction of sp³-hybridized carbons (Fsp3) is 0.462. The molecule has 0 aromatic heterocycles. The number of likely N-dealkylation sites (N-methyl/N-ethyl adjacent to an activating group) is 1. The van der Waals surface area contributed by atoms with Crippen molar-refractivity contribution >= 4 is 17.5 Å². The molecule has 0 bridgehead atoms. The van der Waals surface area contributed by atoms with Crippen LogP contribution in [0.4, 0.5) is 4.39 Å². The summed E-state index contributed by atoms with van der Waals surface area (Å²) in [6, 6.07) is 4.82. The normalized spacial score (nSPS) is 14.6. The van der Waals surface area contributed by atoms with Crippen molar-refractivity contribution in [3.8, 4) is 0 Å². The average molecular weight is 271 g/mol. The van der Waals surface area contributed by atoms with E-state index < -0.39 is 0 Å². The van der Waals surface area contributed by atoms with Crippen molar-refractivity contribution in [1.82, 2.24) is 10.2 Å². The lowest BCUT2D eigenvalue weighted by Crippen LogP contribution is -2.38. The van der Waals surface area contributed by atoms with Gasteiger partial charge in [0.2, 0.25) is 5.91 Å². The first-order valence-corrected chi connectivity index (χ1v) is 6.38. The summed E-state index contributed by atoms with van der Waals surface area (Å²) in [5, 5.41) is 3.20. The zero-order chi connectivity index (χ0) is 13.1. The van der Waals surface area contributed by atoms with Gasteiger partial charge in [0.05, 0.1) is 13.1 Å². The SMILES string of the molecule is CNCC(=O)N(Cc1c(F)cccc1Cl)C1CC1. The average Bonchev–Trinajstić information content (AvgIpc) is 3.13. The predicted octanol–water partition coefficient (Wildman–Crippen LogP) is 2.19. The number of carbonyl (C=O) groups excluding carboxylic acids is 1. The Kier molecular flexibility index (Phi) is 4.19. The Labute approximate surface area is 111 Å². The van der Waals surface area contributed by atoms with Crippen LogP contribution in [-0.2, 0) is 11.3 Å². The molecule has 1 aromatic carbocycles. The Morgan fingerprint density at radius 1 is 1.56 bits per heavy atom. The topological polar surface area (TPSA) is 32.3 Å². The van der Waals surface area contributed by atoms with Crippen LogP contribution in [0, 0.1) is 5.82 Å². The lowest BCUT2D eigenvalue weighted by atomic mass is 10.2. The summed E-state index contributed by atoms with van der Waals surface area (Å²) in [4.78, 5) is 13.7. The molecule has 0 radical (unpaired) electrons. The van der Waals surface area contributed by atoms with Crippen molar-refractivity contribution in [2.75, 3.05) is 13.6 Å². The Morgan fingerprint density at radius 2 is 2.28 bits per heavy atom.